The lowest BCUT2D eigenvalue weighted by atomic mass is 10.1. The van der Waals surface area contributed by atoms with Gasteiger partial charge < -0.3 is 10.5 Å². The van der Waals surface area contributed by atoms with Gasteiger partial charge in [0.1, 0.15) is 0 Å². The number of hydrogen-bond acceptors (Lipinski definition) is 2. The summed E-state index contributed by atoms with van der Waals surface area (Å²) in [5, 5.41) is 16.1. The highest BCUT2D eigenvalue weighted by molar-refractivity contribution is 5.93. The standard InChI is InChI=1S/C17H14N2O2/c20-17(15-7-9-19(21)10-8-15)18-12-13-5-6-14-3-1-2-4-16(14)11-13/h1-11H,12H2,(H,18,20). The van der Waals surface area contributed by atoms with Gasteiger partial charge in [0, 0.05) is 18.7 Å². The highest BCUT2D eigenvalue weighted by Crippen LogP contribution is 2.15. The summed E-state index contributed by atoms with van der Waals surface area (Å²) in [4.78, 5) is 12.0. The third-order valence-electron chi connectivity index (χ3n) is 3.33. The van der Waals surface area contributed by atoms with Crippen LogP contribution >= 0.6 is 0 Å². The Hall–Kier alpha value is -2.88. The number of carbonyl (C=O) groups is 1. The van der Waals surface area contributed by atoms with Crippen molar-refractivity contribution in [2.75, 3.05) is 0 Å². The molecule has 0 atom stereocenters. The molecule has 4 nitrogen and oxygen atoms in total. The number of benzene rings is 2. The minimum atomic E-state index is -0.191. The van der Waals surface area contributed by atoms with Crippen LogP contribution in [-0.4, -0.2) is 5.91 Å². The third-order valence-corrected chi connectivity index (χ3v) is 3.33. The zero-order valence-electron chi connectivity index (χ0n) is 11.3. The Bertz CT molecular complexity index is 782. The molecule has 0 fully saturated rings. The second-order valence-corrected chi connectivity index (χ2v) is 4.81. The smallest absolute Gasteiger partial charge is 0.252 e. The molecule has 0 saturated heterocycles. The van der Waals surface area contributed by atoms with Crippen LogP contribution in [0.5, 0.6) is 0 Å². The van der Waals surface area contributed by atoms with E-state index in [-0.39, 0.29) is 5.91 Å². The average molecular weight is 278 g/mol. The van der Waals surface area contributed by atoms with Crippen LogP contribution in [0.15, 0.2) is 67.0 Å². The molecule has 3 aromatic rings. The summed E-state index contributed by atoms with van der Waals surface area (Å²) in [6.07, 6.45) is 2.62. The molecular formula is C17H14N2O2. The molecule has 0 spiro atoms. The van der Waals surface area contributed by atoms with Crippen molar-refractivity contribution in [2.45, 2.75) is 6.54 Å². The number of nitrogens with zero attached hydrogens (tertiary/aromatic N) is 1. The predicted molar refractivity (Wildman–Crippen MR) is 80.5 cm³/mol. The molecule has 2 aromatic carbocycles. The zero-order chi connectivity index (χ0) is 14.7. The number of rotatable bonds is 3. The number of fused-ring (bicyclic) bond motifs is 1. The second kappa shape index (κ2) is 5.63. The fourth-order valence-electron chi connectivity index (χ4n) is 2.20. The van der Waals surface area contributed by atoms with Gasteiger partial charge in [-0.05, 0) is 22.4 Å². The summed E-state index contributed by atoms with van der Waals surface area (Å²) in [6, 6.07) is 17.2. The molecule has 21 heavy (non-hydrogen) atoms. The van der Waals surface area contributed by atoms with Crippen LogP contribution in [0.3, 0.4) is 0 Å². The summed E-state index contributed by atoms with van der Waals surface area (Å²) < 4.78 is 0.653. The summed E-state index contributed by atoms with van der Waals surface area (Å²) in [6.45, 7) is 0.454. The van der Waals surface area contributed by atoms with E-state index in [1.807, 2.05) is 30.3 Å². The van der Waals surface area contributed by atoms with Crippen LogP contribution in [0, 0.1) is 5.21 Å². The molecule has 1 amide bonds. The number of carbonyl (C=O) groups excluding carboxylic acids is 1. The minimum absolute atomic E-state index is 0.191. The lowest BCUT2D eigenvalue weighted by molar-refractivity contribution is -0.605. The van der Waals surface area contributed by atoms with Gasteiger partial charge in [0.25, 0.3) is 5.91 Å². The van der Waals surface area contributed by atoms with Crippen molar-refractivity contribution in [3.05, 3.63) is 83.3 Å². The maximum absolute atomic E-state index is 12.0. The summed E-state index contributed by atoms with van der Waals surface area (Å²) in [5.74, 6) is -0.191. The molecule has 4 heteroatoms. The number of pyridine rings is 1. The number of hydrogen-bond donors (Lipinski definition) is 1. The highest BCUT2D eigenvalue weighted by Gasteiger charge is 2.06. The largest absolute Gasteiger partial charge is 0.619 e. The van der Waals surface area contributed by atoms with Crippen LogP contribution in [0.4, 0.5) is 0 Å². The Labute approximate surface area is 122 Å². The van der Waals surface area contributed by atoms with Gasteiger partial charge in [-0.2, -0.15) is 4.73 Å². The van der Waals surface area contributed by atoms with Gasteiger partial charge in [0.2, 0.25) is 0 Å². The summed E-state index contributed by atoms with van der Waals surface area (Å²) >= 11 is 0. The maximum Gasteiger partial charge on any atom is 0.252 e. The number of aromatic nitrogens is 1. The summed E-state index contributed by atoms with van der Waals surface area (Å²) in [7, 11) is 0. The predicted octanol–water partition coefficient (Wildman–Crippen LogP) is 2.40. The SMILES string of the molecule is O=C(NCc1ccc2ccccc2c1)c1cc[n+]([O-])cc1. The van der Waals surface area contributed by atoms with Crippen molar-refractivity contribution in [1.29, 1.82) is 0 Å². The van der Waals surface area contributed by atoms with Gasteiger partial charge in [-0.1, -0.05) is 36.4 Å². The Morgan fingerprint density at radius 1 is 1.00 bits per heavy atom. The molecule has 1 aromatic heterocycles. The molecule has 104 valence electrons. The van der Waals surface area contributed by atoms with E-state index in [4.69, 9.17) is 0 Å². The first-order valence-corrected chi connectivity index (χ1v) is 6.67. The quantitative estimate of drug-likeness (QED) is 0.591. The molecule has 3 rings (SSSR count). The molecule has 0 saturated carbocycles. The first-order chi connectivity index (χ1) is 10.2. The lowest BCUT2D eigenvalue weighted by Crippen LogP contribution is -2.27. The van der Waals surface area contributed by atoms with Gasteiger partial charge in [0.15, 0.2) is 12.4 Å². The van der Waals surface area contributed by atoms with Crippen LogP contribution in [-0.2, 0) is 6.54 Å². The highest BCUT2D eigenvalue weighted by atomic mass is 16.5. The van der Waals surface area contributed by atoms with E-state index in [9.17, 15) is 10.0 Å². The van der Waals surface area contributed by atoms with Gasteiger partial charge in [0.05, 0.1) is 5.56 Å². The van der Waals surface area contributed by atoms with Gasteiger partial charge in [-0.15, -0.1) is 0 Å². The van der Waals surface area contributed by atoms with E-state index in [0.29, 0.717) is 16.8 Å². The van der Waals surface area contributed by atoms with Crippen molar-refractivity contribution < 1.29 is 9.52 Å². The van der Waals surface area contributed by atoms with Crippen LogP contribution in [0.2, 0.25) is 0 Å². The van der Waals surface area contributed by atoms with Crippen molar-refractivity contribution in [3.63, 3.8) is 0 Å². The van der Waals surface area contributed by atoms with Gasteiger partial charge >= 0.3 is 0 Å². The van der Waals surface area contributed by atoms with E-state index < -0.39 is 0 Å². The monoisotopic (exact) mass is 278 g/mol. The Morgan fingerprint density at radius 3 is 2.48 bits per heavy atom. The van der Waals surface area contributed by atoms with Crippen LogP contribution in [0.1, 0.15) is 15.9 Å². The lowest BCUT2D eigenvalue weighted by Gasteiger charge is -2.06. The van der Waals surface area contributed by atoms with E-state index in [0.717, 1.165) is 10.9 Å². The minimum Gasteiger partial charge on any atom is -0.619 e. The maximum atomic E-state index is 12.0. The van der Waals surface area contributed by atoms with E-state index in [2.05, 4.69) is 17.4 Å². The van der Waals surface area contributed by atoms with Crippen LogP contribution in [0.25, 0.3) is 10.8 Å². The van der Waals surface area contributed by atoms with Gasteiger partial charge in [-0.3, -0.25) is 4.79 Å². The van der Waals surface area contributed by atoms with E-state index >= 15 is 0 Å². The Morgan fingerprint density at radius 2 is 1.71 bits per heavy atom. The van der Waals surface area contributed by atoms with Gasteiger partial charge in [-0.25, -0.2) is 0 Å². The molecule has 1 N–H and O–H groups in total. The van der Waals surface area contributed by atoms with Crippen molar-refractivity contribution in [2.24, 2.45) is 0 Å². The molecular weight excluding hydrogens is 264 g/mol. The molecule has 0 radical (unpaired) electrons. The first-order valence-electron chi connectivity index (χ1n) is 6.67. The molecule has 0 aliphatic rings. The van der Waals surface area contributed by atoms with Crippen molar-refractivity contribution >= 4 is 16.7 Å². The summed E-state index contributed by atoms with van der Waals surface area (Å²) in [5.41, 5.74) is 1.51. The fourth-order valence-corrected chi connectivity index (χ4v) is 2.20. The topological polar surface area (TPSA) is 56.0 Å². The number of nitrogens with one attached hydrogen (secondary N) is 1. The van der Waals surface area contributed by atoms with E-state index in [1.165, 1.54) is 29.9 Å². The average Bonchev–Trinajstić information content (AvgIpc) is 2.53. The van der Waals surface area contributed by atoms with Crippen molar-refractivity contribution in [1.82, 2.24) is 5.32 Å². The van der Waals surface area contributed by atoms with Crippen molar-refractivity contribution in [3.8, 4) is 0 Å². The number of amides is 1. The molecule has 0 bridgehead atoms. The Balaban J connectivity index is 1.71. The van der Waals surface area contributed by atoms with E-state index in [1.54, 1.807) is 0 Å². The fraction of sp³-hybridized carbons (Fsp3) is 0.0588. The molecule has 0 unspecified atom stereocenters. The zero-order valence-corrected chi connectivity index (χ0v) is 11.3. The molecule has 0 aliphatic heterocycles. The second-order valence-electron chi connectivity index (χ2n) is 4.81. The van der Waals surface area contributed by atoms with Crippen LogP contribution < -0.4 is 10.0 Å². The Kier molecular flexibility index (Phi) is 3.51. The third kappa shape index (κ3) is 3.00. The molecule has 1 heterocycles. The normalized spacial score (nSPS) is 10.5. The first kappa shape index (κ1) is 13.1. The molecule has 0 aliphatic carbocycles.